The van der Waals surface area contributed by atoms with E-state index in [1.807, 2.05) is 0 Å². The molecular weight excluding hydrogens is 366 g/mol. The molecule has 1 N–H and O–H groups in total. The standard InChI is InChI=1S/C20H21NO5S/c1-3-26-20(22)7-5-4-6-16-8-10-17(11-9-16)21-27(23,24)19-14-12-18(25-2)13-15-19/h4-15,21H,3H2,1-2H3/b6-4+,7-5+. The van der Waals surface area contributed by atoms with Gasteiger partial charge in [0.05, 0.1) is 18.6 Å². The van der Waals surface area contributed by atoms with Crippen molar-refractivity contribution in [3.05, 3.63) is 72.3 Å². The van der Waals surface area contributed by atoms with Crippen LogP contribution in [0.3, 0.4) is 0 Å². The number of nitrogens with one attached hydrogen (secondary N) is 1. The first-order chi connectivity index (χ1) is 12.9. The zero-order chi connectivity index (χ0) is 19.7. The molecule has 0 amide bonds. The Morgan fingerprint density at radius 2 is 1.70 bits per heavy atom. The summed E-state index contributed by atoms with van der Waals surface area (Å²) < 4.78 is 37.1. The average Bonchev–Trinajstić information content (AvgIpc) is 2.66. The molecule has 0 spiro atoms. The Balaban J connectivity index is 2.01. The van der Waals surface area contributed by atoms with Crippen LogP contribution in [0.5, 0.6) is 5.75 Å². The number of benzene rings is 2. The number of sulfonamides is 1. The summed E-state index contributed by atoms with van der Waals surface area (Å²) in [4.78, 5) is 11.3. The van der Waals surface area contributed by atoms with Gasteiger partial charge in [0.2, 0.25) is 0 Å². The van der Waals surface area contributed by atoms with E-state index in [4.69, 9.17) is 9.47 Å². The maximum absolute atomic E-state index is 12.4. The van der Waals surface area contributed by atoms with Gasteiger partial charge in [0.1, 0.15) is 5.75 Å². The Bertz CT molecular complexity index is 914. The zero-order valence-electron chi connectivity index (χ0n) is 15.1. The Kier molecular flexibility index (Phi) is 7.19. The van der Waals surface area contributed by atoms with Crippen LogP contribution in [0.15, 0.2) is 71.7 Å². The van der Waals surface area contributed by atoms with E-state index >= 15 is 0 Å². The fourth-order valence-electron chi connectivity index (χ4n) is 2.12. The highest BCUT2D eigenvalue weighted by molar-refractivity contribution is 7.92. The summed E-state index contributed by atoms with van der Waals surface area (Å²) in [5.74, 6) is 0.188. The normalized spacial score (nSPS) is 11.6. The van der Waals surface area contributed by atoms with Crippen LogP contribution in [0.4, 0.5) is 5.69 Å². The summed E-state index contributed by atoms with van der Waals surface area (Å²) in [6.45, 7) is 2.08. The smallest absolute Gasteiger partial charge is 0.330 e. The number of ether oxygens (including phenoxy) is 2. The molecule has 0 fully saturated rings. The van der Waals surface area contributed by atoms with E-state index in [1.165, 1.54) is 25.3 Å². The van der Waals surface area contributed by atoms with Crippen LogP contribution in [-0.2, 0) is 19.6 Å². The van der Waals surface area contributed by atoms with E-state index in [2.05, 4.69) is 4.72 Å². The van der Waals surface area contributed by atoms with Crippen molar-refractivity contribution in [3.63, 3.8) is 0 Å². The van der Waals surface area contributed by atoms with E-state index in [9.17, 15) is 13.2 Å². The molecule has 142 valence electrons. The van der Waals surface area contributed by atoms with E-state index in [0.717, 1.165) is 5.56 Å². The first-order valence-electron chi connectivity index (χ1n) is 8.23. The van der Waals surface area contributed by atoms with Gasteiger partial charge >= 0.3 is 5.97 Å². The molecule has 2 aromatic rings. The molecule has 2 rings (SSSR count). The van der Waals surface area contributed by atoms with Crippen LogP contribution in [0.2, 0.25) is 0 Å². The van der Waals surface area contributed by atoms with E-state index in [0.29, 0.717) is 18.0 Å². The van der Waals surface area contributed by atoms with Gasteiger partial charge in [-0.3, -0.25) is 4.72 Å². The third-order valence-electron chi connectivity index (χ3n) is 3.45. The maximum Gasteiger partial charge on any atom is 0.330 e. The molecule has 0 radical (unpaired) electrons. The van der Waals surface area contributed by atoms with Crippen LogP contribution in [0, 0.1) is 0 Å². The van der Waals surface area contributed by atoms with Gasteiger partial charge in [-0.2, -0.15) is 0 Å². The third-order valence-corrected chi connectivity index (χ3v) is 4.85. The molecule has 0 atom stereocenters. The average molecular weight is 387 g/mol. The van der Waals surface area contributed by atoms with Crippen molar-refractivity contribution in [3.8, 4) is 5.75 Å². The van der Waals surface area contributed by atoms with Crippen molar-refractivity contribution < 1.29 is 22.7 Å². The lowest BCUT2D eigenvalue weighted by molar-refractivity contribution is -0.137. The Morgan fingerprint density at radius 1 is 1.04 bits per heavy atom. The number of hydrogen-bond donors (Lipinski definition) is 1. The lowest BCUT2D eigenvalue weighted by atomic mass is 10.2. The molecule has 0 aliphatic heterocycles. The lowest BCUT2D eigenvalue weighted by Gasteiger charge is -2.09. The van der Waals surface area contributed by atoms with Crippen molar-refractivity contribution in [2.45, 2.75) is 11.8 Å². The summed E-state index contributed by atoms with van der Waals surface area (Å²) >= 11 is 0. The molecular formula is C20H21NO5S. The van der Waals surface area contributed by atoms with E-state index < -0.39 is 16.0 Å². The van der Waals surface area contributed by atoms with Crippen molar-refractivity contribution in [2.75, 3.05) is 18.4 Å². The third kappa shape index (κ3) is 6.31. The highest BCUT2D eigenvalue weighted by Crippen LogP contribution is 2.19. The summed E-state index contributed by atoms with van der Waals surface area (Å²) in [5.41, 5.74) is 1.31. The number of allylic oxidation sites excluding steroid dienone is 2. The van der Waals surface area contributed by atoms with Gasteiger partial charge in [-0.05, 0) is 48.9 Å². The van der Waals surface area contributed by atoms with Crippen LogP contribution in [0.1, 0.15) is 12.5 Å². The first-order valence-corrected chi connectivity index (χ1v) is 9.71. The number of rotatable bonds is 8. The fourth-order valence-corrected chi connectivity index (χ4v) is 3.18. The molecule has 0 aliphatic carbocycles. The van der Waals surface area contributed by atoms with Crippen LogP contribution < -0.4 is 9.46 Å². The number of carbonyl (C=O) groups excluding carboxylic acids is 1. The highest BCUT2D eigenvalue weighted by atomic mass is 32.2. The minimum atomic E-state index is -3.67. The molecule has 0 aliphatic rings. The molecule has 27 heavy (non-hydrogen) atoms. The van der Waals surface area contributed by atoms with Gasteiger partial charge in [-0.1, -0.05) is 30.4 Å². The SMILES string of the molecule is CCOC(=O)/C=C/C=C/c1ccc(NS(=O)(=O)c2ccc(OC)cc2)cc1. The van der Waals surface area contributed by atoms with Crippen molar-refractivity contribution in [2.24, 2.45) is 0 Å². The minimum Gasteiger partial charge on any atom is -0.497 e. The molecule has 0 bridgehead atoms. The summed E-state index contributed by atoms with van der Waals surface area (Å²) in [5, 5.41) is 0. The molecule has 0 aromatic heterocycles. The number of carbonyl (C=O) groups is 1. The number of esters is 1. The van der Waals surface area contributed by atoms with Gasteiger partial charge in [0.25, 0.3) is 10.0 Å². The molecule has 0 saturated heterocycles. The largest absolute Gasteiger partial charge is 0.497 e. The van der Waals surface area contributed by atoms with Gasteiger partial charge in [-0.25, -0.2) is 13.2 Å². The van der Waals surface area contributed by atoms with Gasteiger partial charge in [-0.15, -0.1) is 0 Å². The number of hydrogen-bond acceptors (Lipinski definition) is 5. The molecule has 6 nitrogen and oxygen atoms in total. The topological polar surface area (TPSA) is 81.7 Å². The molecule has 2 aromatic carbocycles. The Labute approximate surface area is 159 Å². The number of anilines is 1. The predicted octanol–water partition coefficient (Wildman–Crippen LogP) is 3.63. The molecule has 0 heterocycles. The van der Waals surface area contributed by atoms with Crippen molar-refractivity contribution in [1.82, 2.24) is 0 Å². The highest BCUT2D eigenvalue weighted by Gasteiger charge is 2.13. The van der Waals surface area contributed by atoms with Crippen LogP contribution >= 0.6 is 0 Å². The predicted molar refractivity (Wildman–Crippen MR) is 105 cm³/mol. The minimum absolute atomic E-state index is 0.149. The number of methoxy groups -OCH3 is 1. The molecule has 0 saturated carbocycles. The maximum atomic E-state index is 12.4. The van der Waals surface area contributed by atoms with Crippen LogP contribution in [0.25, 0.3) is 6.08 Å². The fraction of sp³-hybridized carbons (Fsp3) is 0.150. The second-order valence-electron chi connectivity index (χ2n) is 5.37. The summed E-state index contributed by atoms with van der Waals surface area (Å²) in [6, 6.07) is 13.0. The lowest BCUT2D eigenvalue weighted by Crippen LogP contribution is -2.12. The Hall–Kier alpha value is -3.06. The first kappa shape index (κ1) is 20.3. The van der Waals surface area contributed by atoms with E-state index in [-0.39, 0.29) is 4.90 Å². The van der Waals surface area contributed by atoms with Crippen molar-refractivity contribution in [1.29, 1.82) is 0 Å². The summed E-state index contributed by atoms with van der Waals surface area (Å²) in [7, 11) is -2.15. The van der Waals surface area contributed by atoms with Gasteiger partial charge < -0.3 is 9.47 Å². The van der Waals surface area contributed by atoms with E-state index in [1.54, 1.807) is 61.5 Å². The molecule has 7 heteroatoms. The van der Waals surface area contributed by atoms with Crippen molar-refractivity contribution >= 4 is 27.8 Å². The second-order valence-corrected chi connectivity index (χ2v) is 7.06. The second kappa shape index (κ2) is 9.59. The van der Waals surface area contributed by atoms with Gasteiger partial charge in [0.15, 0.2) is 0 Å². The quantitative estimate of drug-likeness (QED) is 0.425. The summed E-state index contributed by atoms with van der Waals surface area (Å²) in [6.07, 6.45) is 6.40. The monoisotopic (exact) mass is 387 g/mol. The van der Waals surface area contributed by atoms with Gasteiger partial charge in [0, 0.05) is 11.8 Å². The molecule has 0 unspecified atom stereocenters. The zero-order valence-corrected chi connectivity index (χ0v) is 15.9. The van der Waals surface area contributed by atoms with Crippen LogP contribution in [-0.4, -0.2) is 28.1 Å². The Morgan fingerprint density at radius 3 is 2.30 bits per heavy atom.